The maximum absolute atomic E-state index is 12.5. The number of nitrogens with one attached hydrogen (secondary N) is 2. The zero-order valence-electron chi connectivity index (χ0n) is 14.3. The number of fused-ring (bicyclic) bond motifs is 1. The van der Waals surface area contributed by atoms with Crippen molar-refractivity contribution in [1.29, 1.82) is 0 Å². The van der Waals surface area contributed by atoms with Crippen molar-refractivity contribution in [2.24, 2.45) is 0 Å². The van der Waals surface area contributed by atoms with E-state index in [1.165, 1.54) is 11.3 Å². The Balaban J connectivity index is 1.75. The van der Waals surface area contributed by atoms with Crippen LogP contribution in [0.5, 0.6) is 0 Å². The van der Waals surface area contributed by atoms with Gasteiger partial charge in [-0.25, -0.2) is 0 Å². The van der Waals surface area contributed by atoms with E-state index in [1.807, 2.05) is 48.0 Å². The number of thiophene rings is 1. The fraction of sp³-hybridized carbons (Fsp3) is 0.211. The summed E-state index contributed by atoms with van der Waals surface area (Å²) < 4.78 is 0. The number of benzene rings is 1. The van der Waals surface area contributed by atoms with Gasteiger partial charge in [0.25, 0.3) is 0 Å². The van der Waals surface area contributed by atoms with Crippen molar-refractivity contribution in [3.8, 4) is 0 Å². The van der Waals surface area contributed by atoms with E-state index in [1.54, 1.807) is 0 Å². The molecule has 1 amide bonds. The van der Waals surface area contributed by atoms with Crippen LogP contribution in [0.2, 0.25) is 0 Å². The maximum Gasteiger partial charge on any atom is 0.313 e. The van der Waals surface area contributed by atoms with Crippen molar-refractivity contribution < 1.29 is 19.5 Å². The minimum atomic E-state index is -1.07. The molecule has 0 spiro atoms. The molecule has 0 saturated carbocycles. The third-order valence-electron chi connectivity index (χ3n) is 3.97. The predicted octanol–water partition coefficient (Wildman–Crippen LogP) is 2.84. The highest BCUT2D eigenvalue weighted by molar-refractivity contribution is 8.14. The first-order valence-corrected chi connectivity index (χ1v) is 10.1. The molecule has 27 heavy (non-hydrogen) atoms. The van der Waals surface area contributed by atoms with Gasteiger partial charge in [0.1, 0.15) is 6.04 Å². The van der Waals surface area contributed by atoms with E-state index in [-0.39, 0.29) is 23.2 Å². The molecule has 8 heteroatoms. The second-order valence-corrected chi connectivity index (χ2v) is 7.95. The Morgan fingerprint density at radius 3 is 2.74 bits per heavy atom. The largest absolute Gasteiger partial charge is 0.481 e. The summed E-state index contributed by atoms with van der Waals surface area (Å²) in [5.74, 6) is -1.65. The molecular weight excluding hydrogens is 384 g/mol. The van der Waals surface area contributed by atoms with Crippen LogP contribution in [-0.4, -0.2) is 38.9 Å². The molecule has 1 aromatic carbocycles. The second kappa shape index (κ2) is 8.88. The van der Waals surface area contributed by atoms with Gasteiger partial charge in [0, 0.05) is 28.4 Å². The van der Waals surface area contributed by atoms with Crippen molar-refractivity contribution in [3.63, 3.8) is 0 Å². The Bertz CT molecular complexity index is 950. The van der Waals surface area contributed by atoms with E-state index < -0.39 is 12.0 Å². The molecule has 0 saturated heterocycles. The number of carbonyl (C=O) groups excluding carboxylic acids is 2. The highest BCUT2D eigenvalue weighted by atomic mass is 32.2. The van der Waals surface area contributed by atoms with Gasteiger partial charge in [0.15, 0.2) is 0 Å². The van der Waals surface area contributed by atoms with Crippen LogP contribution in [-0.2, 0) is 27.2 Å². The number of carboxylic acids is 1. The quantitative estimate of drug-likeness (QED) is 0.538. The molecule has 3 rings (SSSR count). The number of carbonyl (C=O) groups is 3. The first-order valence-electron chi connectivity index (χ1n) is 8.28. The number of carboxylic acid groups (broad SMARTS) is 1. The normalized spacial score (nSPS) is 12.0. The van der Waals surface area contributed by atoms with Gasteiger partial charge in [-0.15, -0.1) is 11.3 Å². The van der Waals surface area contributed by atoms with E-state index in [0.717, 1.165) is 21.3 Å². The van der Waals surface area contributed by atoms with Crippen LogP contribution in [0.25, 0.3) is 10.9 Å². The molecule has 140 valence electrons. The molecule has 0 unspecified atom stereocenters. The molecule has 0 aliphatic carbocycles. The number of hydrogen-bond donors (Lipinski definition) is 3. The number of aromatic nitrogens is 1. The Hall–Kier alpha value is -2.58. The number of rotatable bonds is 8. The molecule has 0 radical (unpaired) electrons. The van der Waals surface area contributed by atoms with Gasteiger partial charge in [0.2, 0.25) is 11.0 Å². The Labute approximate surface area is 164 Å². The van der Waals surface area contributed by atoms with Crippen LogP contribution < -0.4 is 5.32 Å². The summed E-state index contributed by atoms with van der Waals surface area (Å²) in [6, 6.07) is 10.6. The average Bonchev–Trinajstić information content (AvgIpc) is 3.29. The van der Waals surface area contributed by atoms with Crippen molar-refractivity contribution in [2.75, 3.05) is 5.75 Å². The Morgan fingerprint density at radius 2 is 2.00 bits per heavy atom. The summed E-state index contributed by atoms with van der Waals surface area (Å²) in [5, 5.41) is 14.1. The summed E-state index contributed by atoms with van der Waals surface area (Å²) >= 11 is 2.18. The molecule has 0 aliphatic rings. The van der Waals surface area contributed by atoms with Gasteiger partial charge in [0.05, 0.1) is 12.2 Å². The summed E-state index contributed by atoms with van der Waals surface area (Å²) in [6.45, 7) is 0. The van der Waals surface area contributed by atoms with Gasteiger partial charge in [-0.2, -0.15) is 0 Å². The zero-order valence-corrected chi connectivity index (χ0v) is 15.9. The lowest BCUT2D eigenvalue weighted by molar-refractivity contribution is -0.134. The Morgan fingerprint density at radius 1 is 1.19 bits per heavy atom. The van der Waals surface area contributed by atoms with E-state index >= 15 is 0 Å². The first kappa shape index (κ1) is 19.2. The van der Waals surface area contributed by atoms with Gasteiger partial charge >= 0.3 is 5.97 Å². The van der Waals surface area contributed by atoms with Crippen molar-refractivity contribution in [2.45, 2.75) is 18.9 Å². The third-order valence-corrected chi connectivity index (χ3v) is 5.81. The van der Waals surface area contributed by atoms with E-state index in [9.17, 15) is 14.4 Å². The van der Waals surface area contributed by atoms with Crippen LogP contribution in [0.1, 0.15) is 10.4 Å². The lowest BCUT2D eigenvalue weighted by Crippen LogP contribution is -2.42. The van der Waals surface area contributed by atoms with Crippen molar-refractivity contribution >= 4 is 51.0 Å². The van der Waals surface area contributed by atoms with Crippen molar-refractivity contribution in [1.82, 2.24) is 10.3 Å². The lowest BCUT2D eigenvalue weighted by Gasteiger charge is -2.16. The SMILES string of the molecule is O=C(O)CSC(=O)[C@H](Cc1c[nH]c2ccccc12)NC(=O)Cc1cccs1. The number of aromatic amines is 1. The zero-order chi connectivity index (χ0) is 19.2. The molecule has 1 atom stereocenters. The molecule has 3 aromatic rings. The highest BCUT2D eigenvalue weighted by Gasteiger charge is 2.24. The average molecular weight is 402 g/mol. The van der Waals surface area contributed by atoms with Crippen LogP contribution in [0, 0.1) is 0 Å². The minimum Gasteiger partial charge on any atom is -0.481 e. The molecule has 6 nitrogen and oxygen atoms in total. The number of hydrogen-bond acceptors (Lipinski definition) is 5. The highest BCUT2D eigenvalue weighted by Crippen LogP contribution is 2.21. The predicted molar refractivity (Wildman–Crippen MR) is 107 cm³/mol. The van der Waals surface area contributed by atoms with Crippen molar-refractivity contribution in [3.05, 3.63) is 58.4 Å². The van der Waals surface area contributed by atoms with E-state index in [4.69, 9.17) is 5.11 Å². The van der Waals surface area contributed by atoms with Crippen LogP contribution >= 0.6 is 23.1 Å². The molecular formula is C19H18N2O4S2. The number of thioether (sulfide) groups is 1. The lowest BCUT2D eigenvalue weighted by atomic mass is 10.1. The summed E-state index contributed by atoms with van der Waals surface area (Å²) in [5.41, 5.74) is 1.85. The van der Waals surface area contributed by atoms with Gasteiger partial charge in [-0.3, -0.25) is 14.4 Å². The summed E-state index contributed by atoms with van der Waals surface area (Å²) in [6.07, 6.45) is 2.31. The summed E-state index contributed by atoms with van der Waals surface area (Å²) in [4.78, 5) is 39.7. The number of aliphatic carboxylic acids is 1. The fourth-order valence-corrected chi connectivity index (χ4v) is 4.08. The van der Waals surface area contributed by atoms with Crippen LogP contribution in [0.4, 0.5) is 0 Å². The Kier molecular flexibility index (Phi) is 6.31. The molecule has 2 aromatic heterocycles. The molecule has 0 aliphatic heterocycles. The molecule has 0 fully saturated rings. The number of amides is 1. The molecule has 3 N–H and O–H groups in total. The van der Waals surface area contributed by atoms with E-state index in [0.29, 0.717) is 18.2 Å². The smallest absolute Gasteiger partial charge is 0.313 e. The molecule has 0 bridgehead atoms. The first-order chi connectivity index (χ1) is 13.0. The number of para-hydroxylation sites is 1. The van der Waals surface area contributed by atoms with Gasteiger partial charge in [-0.1, -0.05) is 36.0 Å². The van der Waals surface area contributed by atoms with Crippen LogP contribution in [0.3, 0.4) is 0 Å². The topological polar surface area (TPSA) is 99.3 Å². The van der Waals surface area contributed by atoms with E-state index in [2.05, 4.69) is 10.3 Å². The van der Waals surface area contributed by atoms with Gasteiger partial charge in [-0.05, 0) is 23.1 Å². The second-order valence-electron chi connectivity index (χ2n) is 5.94. The van der Waals surface area contributed by atoms with Crippen LogP contribution in [0.15, 0.2) is 48.0 Å². The summed E-state index contributed by atoms with van der Waals surface area (Å²) in [7, 11) is 0. The standard InChI is InChI=1S/C19H18N2O4S2/c22-17(9-13-4-3-7-26-13)21-16(19(25)27-11-18(23)24)8-12-10-20-15-6-2-1-5-14(12)15/h1-7,10,16,20H,8-9,11H2,(H,21,22)(H,23,24)/t16-/m0/s1. The fourth-order valence-electron chi connectivity index (χ4n) is 2.76. The van der Waals surface area contributed by atoms with Gasteiger partial charge < -0.3 is 15.4 Å². The maximum atomic E-state index is 12.5. The monoisotopic (exact) mass is 402 g/mol. The number of H-pyrrole nitrogens is 1. The minimum absolute atomic E-state index is 0.193. The molecule has 2 heterocycles. The third kappa shape index (κ3) is 5.21.